The second-order valence-electron chi connectivity index (χ2n) is 8.64. The first-order chi connectivity index (χ1) is 16.8. The number of nitrogens with one attached hydrogen (secondary N) is 2. The van der Waals surface area contributed by atoms with Crippen LogP contribution in [0.2, 0.25) is 0 Å². The number of carbonyl (C=O) groups excluding carboxylic acids is 2. The van der Waals surface area contributed by atoms with Crippen LogP contribution in [0.4, 0.5) is 10.1 Å². The van der Waals surface area contributed by atoms with Crippen molar-refractivity contribution >= 4 is 28.4 Å². The number of ether oxygens (including phenoxy) is 3. The van der Waals surface area contributed by atoms with Gasteiger partial charge in [0.1, 0.15) is 23.1 Å². The summed E-state index contributed by atoms with van der Waals surface area (Å²) in [6, 6.07) is 11.5. The smallest absolute Gasteiger partial charge is 0.240 e. The number of hydrogen-bond acceptors (Lipinski definition) is 6. The molecule has 0 saturated heterocycles. The standard InChI is InChI=1S/C26H28FN3O5/c1-15(27)16(2)29-24(31)26(10-11-26)25(32)30-17-5-7-18(8-6-17)35-21-9-12-28-20-14-23(34-4)22(33-3)13-19(20)21/h5-9,12-16H,10-11H2,1-4H3,(H,29,31)(H,30,32)/t15?,16-/m1/s1. The topological polar surface area (TPSA) is 98.8 Å². The fourth-order valence-corrected chi connectivity index (χ4v) is 3.66. The number of fused-ring (bicyclic) bond motifs is 1. The summed E-state index contributed by atoms with van der Waals surface area (Å²) < 4.78 is 30.2. The first-order valence-electron chi connectivity index (χ1n) is 11.3. The molecule has 1 aromatic heterocycles. The van der Waals surface area contributed by atoms with Gasteiger partial charge in [-0.3, -0.25) is 14.6 Å². The van der Waals surface area contributed by atoms with Crippen LogP contribution in [0.25, 0.3) is 10.9 Å². The van der Waals surface area contributed by atoms with Gasteiger partial charge in [0.05, 0.1) is 25.8 Å². The maximum absolute atomic E-state index is 13.4. The van der Waals surface area contributed by atoms with Crippen molar-refractivity contribution in [1.82, 2.24) is 10.3 Å². The third-order valence-corrected chi connectivity index (χ3v) is 6.21. The van der Waals surface area contributed by atoms with Crippen LogP contribution in [0.5, 0.6) is 23.0 Å². The molecule has 184 valence electrons. The Morgan fingerprint density at radius 3 is 2.23 bits per heavy atom. The number of alkyl halides is 1. The molecule has 9 heteroatoms. The SMILES string of the molecule is COc1cc2nccc(Oc3ccc(NC(=O)C4(C(=O)N[C@H](C)C(C)F)CC4)cc3)c2cc1OC. The van der Waals surface area contributed by atoms with Gasteiger partial charge in [-0.25, -0.2) is 4.39 Å². The number of hydrogen-bond donors (Lipinski definition) is 2. The molecule has 2 atom stereocenters. The minimum absolute atomic E-state index is 0.399. The molecule has 4 rings (SSSR count). The van der Waals surface area contributed by atoms with Crippen LogP contribution in [0.15, 0.2) is 48.7 Å². The Morgan fingerprint density at radius 2 is 1.63 bits per heavy atom. The van der Waals surface area contributed by atoms with E-state index in [2.05, 4.69) is 15.6 Å². The Hall–Kier alpha value is -3.88. The molecule has 2 aromatic carbocycles. The minimum atomic E-state index is -1.20. The van der Waals surface area contributed by atoms with Crippen molar-refractivity contribution in [3.8, 4) is 23.0 Å². The Labute approximate surface area is 202 Å². The van der Waals surface area contributed by atoms with Crippen LogP contribution in [-0.4, -0.2) is 43.2 Å². The van der Waals surface area contributed by atoms with E-state index in [1.807, 2.05) is 0 Å². The molecular formula is C26H28FN3O5. The van der Waals surface area contributed by atoms with Gasteiger partial charge < -0.3 is 24.8 Å². The van der Waals surface area contributed by atoms with E-state index in [0.717, 1.165) is 5.39 Å². The number of halogens is 1. The Kier molecular flexibility index (Phi) is 6.77. The molecule has 0 radical (unpaired) electrons. The molecule has 1 fully saturated rings. The molecular weight excluding hydrogens is 453 g/mol. The number of methoxy groups -OCH3 is 2. The lowest BCUT2D eigenvalue weighted by molar-refractivity contribution is -0.135. The summed E-state index contributed by atoms with van der Waals surface area (Å²) in [7, 11) is 3.12. The van der Waals surface area contributed by atoms with Crippen molar-refractivity contribution in [1.29, 1.82) is 0 Å². The van der Waals surface area contributed by atoms with E-state index in [-0.39, 0.29) is 0 Å². The monoisotopic (exact) mass is 481 g/mol. The van der Waals surface area contributed by atoms with Crippen molar-refractivity contribution in [3.63, 3.8) is 0 Å². The summed E-state index contributed by atoms with van der Waals surface area (Å²) >= 11 is 0. The number of nitrogens with zero attached hydrogens (tertiary/aromatic N) is 1. The third-order valence-electron chi connectivity index (χ3n) is 6.21. The number of rotatable bonds is 9. The highest BCUT2D eigenvalue weighted by Gasteiger charge is 2.56. The first kappa shape index (κ1) is 24.3. The van der Waals surface area contributed by atoms with Gasteiger partial charge in [0.15, 0.2) is 11.5 Å². The fourth-order valence-electron chi connectivity index (χ4n) is 3.66. The molecule has 1 heterocycles. The van der Waals surface area contributed by atoms with Crippen molar-refractivity contribution in [2.45, 2.75) is 38.9 Å². The number of aromatic nitrogens is 1. The number of benzene rings is 2. The summed E-state index contributed by atoms with van der Waals surface area (Å²) in [5.41, 5.74) is 0.0711. The Balaban J connectivity index is 1.46. The summed E-state index contributed by atoms with van der Waals surface area (Å²) in [4.78, 5) is 29.7. The number of pyridine rings is 1. The van der Waals surface area contributed by atoms with Gasteiger partial charge in [0, 0.05) is 23.3 Å². The van der Waals surface area contributed by atoms with E-state index in [9.17, 15) is 14.0 Å². The van der Waals surface area contributed by atoms with Crippen LogP contribution < -0.4 is 24.8 Å². The minimum Gasteiger partial charge on any atom is -0.493 e. The summed E-state index contributed by atoms with van der Waals surface area (Å²) in [6.45, 7) is 2.95. The normalized spacial score (nSPS) is 15.6. The van der Waals surface area contributed by atoms with E-state index in [1.165, 1.54) is 6.92 Å². The molecule has 1 aliphatic carbocycles. The van der Waals surface area contributed by atoms with Crippen molar-refractivity contribution in [2.24, 2.45) is 5.41 Å². The highest BCUT2D eigenvalue weighted by molar-refractivity contribution is 6.13. The molecule has 0 aliphatic heterocycles. The fraction of sp³-hybridized carbons (Fsp3) is 0.346. The Bertz CT molecular complexity index is 1240. The first-order valence-corrected chi connectivity index (χ1v) is 11.3. The molecule has 8 nitrogen and oxygen atoms in total. The van der Waals surface area contributed by atoms with Crippen molar-refractivity contribution in [3.05, 3.63) is 48.7 Å². The average molecular weight is 482 g/mol. The highest BCUT2D eigenvalue weighted by Crippen LogP contribution is 2.47. The largest absolute Gasteiger partial charge is 0.493 e. The summed E-state index contributed by atoms with van der Waals surface area (Å²) in [5, 5.41) is 6.14. The summed E-state index contributed by atoms with van der Waals surface area (Å²) in [6.07, 6.45) is 1.31. The molecule has 35 heavy (non-hydrogen) atoms. The predicted octanol–water partition coefficient (Wildman–Crippen LogP) is 4.63. The zero-order valence-electron chi connectivity index (χ0n) is 20.1. The van der Waals surface area contributed by atoms with E-state index >= 15 is 0 Å². The van der Waals surface area contributed by atoms with Gasteiger partial charge in [-0.05, 0) is 63.1 Å². The van der Waals surface area contributed by atoms with Gasteiger partial charge in [0.25, 0.3) is 0 Å². The number of amides is 2. The molecule has 3 aromatic rings. The maximum atomic E-state index is 13.4. The zero-order valence-corrected chi connectivity index (χ0v) is 20.1. The molecule has 2 amide bonds. The van der Waals surface area contributed by atoms with Gasteiger partial charge in [-0.2, -0.15) is 0 Å². The lowest BCUT2D eigenvalue weighted by Crippen LogP contribution is -2.46. The van der Waals surface area contributed by atoms with Gasteiger partial charge in [0.2, 0.25) is 11.8 Å². The van der Waals surface area contributed by atoms with Crippen LogP contribution in [0.3, 0.4) is 0 Å². The lowest BCUT2D eigenvalue weighted by atomic mass is 10.0. The van der Waals surface area contributed by atoms with Crippen molar-refractivity contribution < 1.29 is 28.2 Å². The highest BCUT2D eigenvalue weighted by atomic mass is 19.1. The second kappa shape index (κ2) is 9.77. The van der Waals surface area contributed by atoms with Gasteiger partial charge in [-0.1, -0.05) is 0 Å². The molecule has 0 bridgehead atoms. The average Bonchev–Trinajstić information content (AvgIpc) is 3.67. The summed E-state index contributed by atoms with van der Waals surface area (Å²) in [5.74, 6) is 1.42. The maximum Gasteiger partial charge on any atom is 0.240 e. The third kappa shape index (κ3) is 4.99. The van der Waals surface area contributed by atoms with E-state index in [1.54, 1.807) is 69.8 Å². The zero-order chi connectivity index (χ0) is 25.2. The van der Waals surface area contributed by atoms with E-state index in [0.29, 0.717) is 47.0 Å². The number of carbonyl (C=O) groups is 2. The quantitative estimate of drug-likeness (QED) is 0.433. The van der Waals surface area contributed by atoms with Gasteiger partial charge in [-0.15, -0.1) is 0 Å². The molecule has 2 N–H and O–H groups in total. The van der Waals surface area contributed by atoms with Crippen LogP contribution >= 0.6 is 0 Å². The molecule has 0 spiro atoms. The van der Waals surface area contributed by atoms with Gasteiger partial charge >= 0.3 is 0 Å². The lowest BCUT2D eigenvalue weighted by Gasteiger charge is -2.20. The predicted molar refractivity (Wildman–Crippen MR) is 130 cm³/mol. The van der Waals surface area contributed by atoms with Crippen molar-refractivity contribution in [2.75, 3.05) is 19.5 Å². The Morgan fingerprint density at radius 1 is 0.971 bits per heavy atom. The van der Waals surface area contributed by atoms with Crippen LogP contribution in [0, 0.1) is 5.41 Å². The molecule has 1 saturated carbocycles. The van der Waals surface area contributed by atoms with Crippen LogP contribution in [-0.2, 0) is 9.59 Å². The van der Waals surface area contributed by atoms with E-state index in [4.69, 9.17) is 14.2 Å². The van der Waals surface area contributed by atoms with E-state index < -0.39 is 29.4 Å². The molecule has 1 aliphatic rings. The number of anilines is 1. The van der Waals surface area contributed by atoms with Crippen LogP contribution in [0.1, 0.15) is 26.7 Å². The molecule has 1 unspecified atom stereocenters. The second-order valence-corrected chi connectivity index (χ2v) is 8.64.